The molecule has 0 radical (unpaired) electrons. The number of furan rings is 1. The lowest BCUT2D eigenvalue weighted by Crippen LogP contribution is -2.10. The van der Waals surface area contributed by atoms with Crippen LogP contribution in [0.4, 0.5) is 0 Å². The SMILES string of the molecule is CCNCc1ccc(CSc2ncccc2Cl)o1. The van der Waals surface area contributed by atoms with Crippen molar-refractivity contribution in [2.24, 2.45) is 0 Å². The number of hydrogen-bond donors (Lipinski definition) is 1. The van der Waals surface area contributed by atoms with Gasteiger partial charge in [-0.05, 0) is 30.8 Å². The Bertz CT molecular complexity index is 501. The lowest BCUT2D eigenvalue weighted by Gasteiger charge is -2.01. The predicted octanol–water partition coefficient (Wildman–Crippen LogP) is 3.73. The smallest absolute Gasteiger partial charge is 0.117 e. The standard InChI is InChI=1S/C13H15ClN2OS/c1-2-15-8-10-5-6-11(17-10)9-18-13-12(14)4-3-7-16-13/h3-7,15H,2,8-9H2,1H3. The summed E-state index contributed by atoms with van der Waals surface area (Å²) in [4.78, 5) is 4.23. The molecule has 0 aliphatic carbocycles. The van der Waals surface area contributed by atoms with Crippen LogP contribution in [-0.2, 0) is 12.3 Å². The van der Waals surface area contributed by atoms with Crippen molar-refractivity contribution in [1.29, 1.82) is 0 Å². The summed E-state index contributed by atoms with van der Waals surface area (Å²) in [5.41, 5.74) is 0. The third kappa shape index (κ3) is 3.77. The molecule has 0 spiro atoms. The molecule has 0 saturated carbocycles. The maximum absolute atomic E-state index is 6.04. The topological polar surface area (TPSA) is 38.1 Å². The van der Waals surface area contributed by atoms with Crippen LogP contribution in [0.1, 0.15) is 18.4 Å². The van der Waals surface area contributed by atoms with Crippen molar-refractivity contribution in [3.63, 3.8) is 0 Å². The first-order valence-electron chi connectivity index (χ1n) is 5.81. The van der Waals surface area contributed by atoms with Crippen LogP contribution in [0.2, 0.25) is 5.02 Å². The van der Waals surface area contributed by atoms with Gasteiger partial charge in [-0.15, -0.1) is 0 Å². The Balaban J connectivity index is 1.90. The van der Waals surface area contributed by atoms with E-state index in [0.29, 0.717) is 5.02 Å². The minimum absolute atomic E-state index is 0.682. The second kappa shape index (κ2) is 6.83. The van der Waals surface area contributed by atoms with Crippen molar-refractivity contribution in [1.82, 2.24) is 10.3 Å². The van der Waals surface area contributed by atoms with E-state index < -0.39 is 0 Å². The Morgan fingerprint density at radius 3 is 2.94 bits per heavy atom. The molecule has 2 heterocycles. The van der Waals surface area contributed by atoms with E-state index >= 15 is 0 Å². The Labute approximate surface area is 116 Å². The van der Waals surface area contributed by atoms with Gasteiger partial charge in [0, 0.05) is 6.20 Å². The molecule has 1 N–H and O–H groups in total. The maximum Gasteiger partial charge on any atom is 0.117 e. The minimum Gasteiger partial charge on any atom is -0.464 e. The van der Waals surface area contributed by atoms with Crippen LogP contribution in [0.25, 0.3) is 0 Å². The summed E-state index contributed by atoms with van der Waals surface area (Å²) in [6.45, 7) is 3.78. The molecule has 0 saturated heterocycles. The molecule has 0 aliphatic rings. The molecule has 18 heavy (non-hydrogen) atoms. The fraction of sp³-hybridized carbons (Fsp3) is 0.308. The van der Waals surface area contributed by atoms with E-state index in [1.54, 1.807) is 18.0 Å². The van der Waals surface area contributed by atoms with E-state index in [4.69, 9.17) is 16.0 Å². The second-order valence-electron chi connectivity index (χ2n) is 3.73. The van der Waals surface area contributed by atoms with Crippen molar-refractivity contribution >= 4 is 23.4 Å². The minimum atomic E-state index is 0.682. The molecule has 0 bridgehead atoms. The molecule has 0 amide bonds. The normalized spacial score (nSPS) is 10.8. The number of halogens is 1. The molecule has 0 aliphatic heterocycles. The highest BCUT2D eigenvalue weighted by Crippen LogP contribution is 2.27. The van der Waals surface area contributed by atoms with Gasteiger partial charge in [-0.1, -0.05) is 30.3 Å². The third-order valence-corrected chi connectivity index (χ3v) is 3.79. The van der Waals surface area contributed by atoms with Crippen molar-refractivity contribution < 1.29 is 4.42 Å². The van der Waals surface area contributed by atoms with Gasteiger partial charge in [-0.2, -0.15) is 0 Å². The molecule has 0 fully saturated rings. The number of aromatic nitrogens is 1. The van der Waals surface area contributed by atoms with Crippen LogP contribution in [0.3, 0.4) is 0 Å². The summed E-state index contributed by atoms with van der Waals surface area (Å²) >= 11 is 7.62. The molecular formula is C13H15ClN2OS. The van der Waals surface area contributed by atoms with Gasteiger partial charge in [-0.25, -0.2) is 4.98 Å². The first-order chi connectivity index (χ1) is 8.79. The number of thioether (sulfide) groups is 1. The van der Waals surface area contributed by atoms with Crippen LogP contribution in [0.5, 0.6) is 0 Å². The van der Waals surface area contributed by atoms with Gasteiger partial charge in [0.1, 0.15) is 16.5 Å². The Morgan fingerprint density at radius 1 is 1.33 bits per heavy atom. The molecule has 2 aromatic heterocycles. The van der Waals surface area contributed by atoms with Crippen LogP contribution >= 0.6 is 23.4 Å². The molecule has 3 nitrogen and oxygen atoms in total. The maximum atomic E-state index is 6.04. The van der Waals surface area contributed by atoms with Crippen LogP contribution < -0.4 is 5.32 Å². The average molecular weight is 283 g/mol. The number of pyridine rings is 1. The van der Waals surface area contributed by atoms with Crippen molar-refractivity contribution in [3.8, 4) is 0 Å². The number of rotatable bonds is 6. The van der Waals surface area contributed by atoms with Gasteiger partial charge in [0.15, 0.2) is 0 Å². The van der Waals surface area contributed by atoms with E-state index in [-0.39, 0.29) is 0 Å². The first kappa shape index (κ1) is 13.5. The van der Waals surface area contributed by atoms with Crippen molar-refractivity contribution in [3.05, 3.63) is 47.0 Å². The second-order valence-corrected chi connectivity index (χ2v) is 5.10. The molecule has 2 aromatic rings. The van der Waals surface area contributed by atoms with Gasteiger partial charge < -0.3 is 9.73 Å². The van der Waals surface area contributed by atoms with Crippen molar-refractivity contribution in [2.45, 2.75) is 24.2 Å². The quantitative estimate of drug-likeness (QED) is 0.819. The van der Waals surface area contributed by atoms with E-state index in [1.165, 1.54) is 0 Å². The summed E-state index contributed by atoms with van der Waals surface area (Å²) in [6.07, 6.45) is 1.74. The summed E-state index contributed by atoms with van der Waals surface area (Å²) in [6, 6.07) is 7.67. The van der Waals surface area contributed by atoms with E-state index in [2.05, 4.69) is 17.2 Å². The van der Waals surface area contributed by atoms with Gasteiger partial charge in [0.2, 0.25) is 0 Å². The lowest BCUT2D eigenvalue weighted by molar-refractivity contribution is 0.463. The lowest BCUT2D eigenvalue weighted by atomic mass is 10.4. The van der Waals surface area contributed by atoms with E-state index in [9.17, 15) is 0 Å². The summed E-state index contributed by atoms with van der Waals surface area (Å²) in [7, 11) is 0. The van der Waals surface area contributed by atoms with Crippen LogP contribution in [-0.4, -0.2) is 11.5 Å². The summed E-state index contributed by atoms with van der Waals surface area (Å²) in [5.74, 6) is 2.64. The zero-order valence-electron chi connectivity index (χ0n) is 10.1. The molecule has 96 valence electrons. The Hall–Kier alpha value is -0.970. The highest BCUT2D eigenvalue weighted by Gasteiger charge is 2.05. The van der Waals surface area contributed by atoms with Gasteiger partial charge in [-0.3, -0.25) is 0 Å². The number of nitrogens with one attached hydrogen (secondary N) is 1. The monoisotopic (exact) mass is 282 g/mol. The fourth-order valence-corrected chi connectivity index (χ4v) is 2.52. The Morgan fingerprint density at radius 2 is 2.17 bits per heavy atom. The summed E-state index contributed by atoms with van der Waals surface area (Å²) in [5, 5.41) is 4.75. The number of hydrogen-bond acceptors (Lipinski definition) is 4. The van der Waals surface area contributed by atoms with E-state index in [1.807, 2.05) is 24.3 Å². The first-order valence-corrected chi connectivity index (χ1v) is 7.17. The molecule has 0 unspecified atom stereocenters. The van der Waals surface area contributed by atoms with Gasteiger partial charge in [0.25, 0.3) is 0 Å². The third-order valence-electron chi connectivity index (χ3n) is 2.34. The molecule has 5 heteroatoms. The molecule has 0 aromatic carbocycles. The molecular weight excluding hydrogens is 268 g/mol. The van der Waals surface area contributed by atoms with Gasteiger partial charge in [0.05, 0.1) is 17.3 Å². The van der Waals surface area contributed by atoms with Crippen molar-refractivity contribution in [2.75, 3.05) is 6.54 Å². The van der Waals surface area contributed by atoms with Crippen LogP contribution in [0, 0.1) is 0 Å². The fourth-order valence-electron chi connectivity index (χ4n) is 1.46. The molecule has 0 atom stereocenters. The van der Waals surface area contributed by atoms with E-state index in [0.717, 1.165) is 35.4 Å². The Kier molecular flexibility index (Phi) is 5.11. The van der Waals surface area contributed by atoms with Crippen LogP contribution in [0.15, 0.2) is 39.9 Å². The highest BCUT2D eigenvalue weighted by atomic mass is 35.5. The summed E-state index contributed by atoms with van der Waals surface area (Å²) < 4.78 is 5.69. The predicted molar refractivity (Wildman–Crippen MR) is 74.9 cm³/mol. The van der Waals surface area contributed by atoms with Gasteiger partial charge >= 0.3 is 0 Å². The zero-order valence-corrected chi connectivity index (χ0v) is 11.7. The zero-order chi connectivity index (χ0) is 12.8. The average Bonchev–Trinajstić information content (AvgIpc) is 2.83. The number of nitrogens with zero attached hydrogens (tertiary/aromatic N) is 1. The largest absolute Gasteiger partial charge is 0.464 e. The molecule has 2 rings (SSSR count). The highest BCUT2D eigenvalue weighted by molar-refractivity contribution is 7.98.